The van der Waals surface area contributed by atoms with Crippen LogP contribution in [0.15, 0.2) is 83.4 Å². The van der Waals surface area contributed by atoms with E-state index >= 15 is 0 Å². The molecule has 5 rings (SSSR count). The summed E-state index contributed by atoms with van der Waals surface area (Å²) in [7, 11) is 0. The average molecular weight is 419 g/mol. The minimum Gasteiger partial charge on any atom is -0.456 e. The number of rotatable bonds is 4. The third kappa shape index (κ3) is 3.53. The number of imide groups is 1. The fourth-order valence-corrected chi connectivity index (χ4v) is 3.71. The van der Waals surface area contributed by atoms with E-state index in [2.05, 4.69) is 16.7 Å². The molecule has 2 heterocycles. The largest absolute Gasteiger partial charge is 0.456 e. The van der Waals surface area contributed by atoms with E-state index in [1.54, 1.807) is 18.3 Å². The first kappa shape index (κ1) is 19.3. The predicted molar refractivity (Wildman–Crippen MR) is 121 cm³/mol. The molecular formula is C26H17N3O3. The summed E-state index contributed by atoms with van der Waals surface area (Å²) in [5, 5.41) is 15.3. The quantitative estimate of drug-likeness (QED) is 0.363. The number of para-hydroxylation sites is 1. The summed E-state index contributed by atoms with van der Waals surface area (Å²) in [5.41, 5.74) is 4.51. The molecule has 0 radical (unpaired) electrons. The van der Waals surface area contributed by atoms with Crippen molar-refractivity contribution in [2.75, 3.05) is 5.32 Å². The fraction of sp³-hybridized carbons (Fsp3) is 0.0385. The van der Waals surface area contributed by atoms with Gasteiger partial charge in [-0.3, -0.25) is 14.9 Å². The summed E-state index contributed by atoms with van der Waals surface area (Å²) in [6, 6.07) is 24.4. The van der Waals surface area contributed by atoms with Crippen molar-refractivity contribution in [1.29, 1.82) is 5.26 Å². The lowest BCUT2D eigenvalue weighted by Gasteiger charge is -2.19. The van der Waals surface area contributed by atoms with Crippen LogP contribution < -0.4 is 10.6 Å². The lowest BCUT2D eigenvalue weighted by Crippen LogP contribution is -2.36. The molecule has 0 fully saturated rings. The van der Waals surface area contributed by atoms with Crippen molar-refractivity contribution in [2.45, 2.75) is 6.42 Å². The van der Waals surface area contributed by atoms with Crippen LogP contribution in [0.25, 0.3) is 27.9 Å². The Kier molecular flexibility index (Phi) is 4.77. The number of carbonyl (C=O) groups is 2. The summed E-state index contributed by atoms with van der Waals surface area (Å²) >= 11 is 0. The van der Waals surface area contributed by atoms with Crippen LogP contribution in [0.5, 0.6) is 0 Å². The summed E-state index contributed by atoms with van der Waals surface area (Å²) in [6.45, 7) is 0. The molecule has 6 heteroatoms. The number of carbonyl (C=O) groups excluding carboxylic acids is 2. The topological polar surface area (TPSA) is 95.1 Å². The van der Waals surface area contributed by atoms with Crippen LogP contribution in [0.3, 0.4) is 0 Å². The van der Waals surface area contributed by atoms with E-state index in [1.165, 1.54) is 0 Å². The molecule has 2 amide bonds. The summed E-state index contributed by atoms with van der Waals surface area (Å²) in [4.78, 5) is 25.0. The minimum atomic E-state index is -0.474. The van der Waals surface area contributed by atoms with Crippen molar-refractivity contribution in [3.8, 4) is 17.4 Å². The van der Waals surface area contributed by atoms with Gasteiger partial charge in [-0.05, 0) is 42.0 Å². The maximum Gasteiger partial charge on any atom is 0.260 e. The van der Waals surface area contributed by atoms with Crippen molar-refractivity contribution in [2.24, 2.45) is 0 Å². The summed E-state index contributed by atoms with van der Waals surface area (Å²) in [5.74, 6) is -0.246. The highest BCUT2D eigenvalue weighted by Gasteiger charge is 2.28. The number of benzene rings is 3. The molecule has 0 saturated heterocycles. The van der Waals surface area contributed by atoms with Gasteiger partial charge in [-0.2, -0.15) is 5.26 Å². The second-order valence-electron chi connectivity index (χ2n) is 7.43. The number of nitrogens with one attached hydrogen (secondary N) is 2. The number of nitrogens with zero attached hydrogens (tertiary/aromatic N) is 1. The smallest absolute Gasteiger partial charge is 0.260 e. The molecule has 0 spiro atoms. The van der Waals surface area contributed by atoms with Gasteiger partial charge in [0, 0.05) is 34.0 Å². The predicted octanol–water partition coefficient (Wildman–Crippen LogP) is 4.89. The average Bonchev–Trinajstić information content (AvgIpc) is 3.24. The molecule has 1 aliphatic heterocycles. The van der Waals surface area contributed by atoms with Gasteiger partial charge in [-0.25, -0.2) is 0 Å². The molecule has 154 valence electrons. The SMILES string of the molecule is N#CCc1ccc(N/C=C2\C(=O)NC(=O)c3ccc(-c4cc5ccccc5o4)cc32)cc1. The molecule has 4 aromatic rings. The highest BCUT2D eigenvalue weighted by Crippen LogP contribution is 2.32. The first-order valence-electron chi connectivity index (χ1n) is 10.0. The summed E-state index contributed by atoms with van der Waals surface area (Å²) in [6.07, 6.45) is 1.92. The number of hydrogen-bond donors (Lipinski definition) is 2. The number of amides is 2. The molecule has 32 heavy (non-hydrogen) atoms. The lowest BCUT2D eigenvalue weighted by molar-refractivity contribution is -0.114. The highest BCUT2D eigenvalue weighted by atomic mass is 16.3. The molecule has 0 unspecified atom stereocenters. The van der Waals surface area contributed by atoms with Gasteiger partial charge in [0.25, 0.3) is 11.8 Å². The molecule has 1 aromatic heterocycles. The number of nitriles is 1. The first-order valence-corrected chi connectivity index (χ1v) is 10.0. The minimum absolute atomic E-state index is 0.337. The zero-order valence-electron chi connectivity index (χ0n) is 16.9. The fourth-order valence-electron chi connectivity index (χ4n) is 3.71. The van der Waals surface area contributed by atoms with Crippen LogP contribution in [-0.2, 0) is 11.2 Å². The Morgan fingerprint density at radius 2 is 1.75 bits per heavy atom. The van der Waals surface area contributed by atoms with E-state index in [1.807, 2.05) is 60.7 Å². The zero-order valence-corrected chi connectivity index (χ0v) is 16.9. The van der Waals surface area contributed by atoms with Crippen LogP contribution in [0.1, 0.15) is 21.5 Å². The van der Waals surface area contributed by atoms with Gasteiger partial charge in [0.15, 0.2) is 0 Å². The van der Waals surface area contributed by atoms with Crippen LogP contribution in [0.4, 0.5) is 5.69 Å². The van der Waals surface area contributed by atoms with E-state index in [0.717, 1.165) is 27.8 Å². The van der Waals surface area contributed by atoms with Crippen LogP contribution >= 0.6 is 0 Å². The molecule has 3 aromatic carbocycles. The molecule has 0 bridgehead atoms. The third-order valence-electron chi connectivity index (χ3n) is 5.36. The van der Waals surface area contributed by atoms with Gasteiger partial charge >= 0.3 is 0 Å². The van der Waals surface area contributed by atoms with Gasteiger partial charge in [-0.1, -0.05) is 36.4 Å². The van der Waals surface area contributed by atoms with Crippen molar-refractivity contribution < 1.29 is 14.0 Å². The van der Waals surface area contributed by atoms with Crippen molar-refractivity contribution in [1.82, 2.24) is 5.32 Å². The number of hydrogen-bond acceptors (Lipinski definition) is 5. The van der Waals surface area contributed by atoms with Crippen molar-refractivity contribution >= 4 is 34.0 Å². The van der Waals surface area contributed by atoms with E-state index in [-0.39, 0.29) is 0 Å². The molecule has 0 atom stereocenters. The Morgan fingerprint density at radius 1 is 0.938 bits per heavy atom. The van der Waals surface area contributed by atoms with E-state index < -0.39 is 11.8 Å². The molecule has 0 aliphatic carbocycles. The van der Waals surface area contributed by atoms with E-state index in [9.17, 15) is 9.59 Å². The Morgan fingerprint density at radius 3 is 2.53 bits per heavy atom. The second kappa shape index (κ2) is 7.89. The Balaban J connectivity index is 1.52. The van der Waals surface area contributed by atoms with E-state index in [4.69, 9.17) is 9.68 Å². The number of anilines is 1. The monoisotopic (exact) mass is 419 g/mol. The van der Waals surface area contributed by atoms with Crippen molar-refractivity contribution in [3.63, 3.8) is 0 Å². The standard InChI is InChI=1S/C26H17N3O3/c27-12-11-16-5-8-19(9-6-16)28-15-22-21-13-18(7-10-20(21)25(30)29-26(22)31)24-14-17-3-1-2-4-23(17)32-24/h1-10,13-15,28H,11H2,(H,29,30,31)/b22-15-. The Bertz CT molecular complexity index is 1410. The zero-order chi connectivity index (χ0) is 22.1. The molecule has 1 aliphatic rings. The van der Waals surface area contributed by atoms with Gasteiger partial charge in [0.05, 0.1) is 18.1 Å². The molecule has 2 N–H and O–H groups in total. The summed E-state index contributed by atoms with van der Waals surface area (Å²) < 4.78 is 5.95. The first-order chi connectivity index (χ1) is 15.6. The van der Waals surface area contributed by atoms with Gasteiger partial charge in [-0.15, -0.1) is 0 Å². The van der Waals surface area contributed by atoms with Crippen LogP contribution in [0.2, 0.25) is 0 Å². The lowest BCUT2D eigenvalue weighted by atomic mass is 9.93. The number of fused-ring (bicyclic) bond motifs is 2. The molecule has 6 nitrogen and oxygen atoms in total. The Hall–Kier alpha value is -4.63. The van der Waals surface area contributed by atoms with Gasteiger partial charge in [0.2, 0.25) is 0 Å². The van der Waals surface area contributed by atoms with E-state index in [0.29, 0.717) is 28.9 Å². The second-order valence-corrected chi connectivity index (χ2v) is 7.43. The van der Waals surface area contributed by atoms with Crippen LogP contribution in [-0.4, -0.2) is 11.8 Å². The normalized spacial score (nSPS) is 14.2. The third-order valence-corrected chi connectivity index (χ3v) is 5.36. The van der Waals surface area contributed by atoms with Gasteiger partial charge in [0.1, 0.15) is 11.3 Å². The maximum absolute atomic E-state index is 12.6. The maximum atomic E-state index is 12.6. The molecule has 0 saturated carbocycles. The van der Waals surface area contributed by atoms with Gasteiger partial charge < -0.3 is 9.73 Å². The Labute approximate surface area is 183 Å². The highest BCUT2D eigenvalue weighted by molar-refractivity contribution is 6.31. The number of furan rings is 1. The van der Waals surface area contributed by atoms with Crippen molar-refractivity contribution in [3.05, 3.63) is 95.7 Å². The molecular weight excluding hydrogens is 402 g/mol. The van der Waals surface area contributed by atoms with Crippen LogP contribution in [0, 0.1) is 11.3 Å².